The van der Waals surface area contributed by atoms with E-state index in [1.165, 1.54) is 25.7 Å². The topological polar surface area (TPSA) is 49.8 Å². The molecule has 1 saturated carbocycles. The van der Waals surface area contributed by atoms with Gasteiger partial charge in [-0.05, 0) is 37.1 Å². The van der Waals surface area contributed by atoms with Crippen molar-refractivity contribution in [2.75, 3.05) is 19.7 Å². The molecule has 0 saturated heterocycles. The highest BCUT2D eigenvalue weighted by Crippen LogP contribution is 2.23. The van der Waals surface area contributed by atoms with Crippen molar-refractivity contribution in [2.45, 2.75) is 45.1 Å². The Morgan fingerprint density at radius 3 is 2.52 bits per heavy atom. The summed E-state index contributed by atoms with van der Waals surface area (Å²) in [6.07, 6.45) is 5.40. The van der Waals surface area contributed by atoms with Crippen LogP contribution in [0.4, 0.5) is 0 Å². The summed E-state index contributed by atoms with van der Waals surface area (Å²) in [5.41, 5.74) is 0.802. The van der Waals surface area contributed by atoms with Gasteiger partial charge in [0.1, 0.15) is 12.4 Å². The molecule has 0 spiro atoms. The Balaban J connectivity index is 1.75. The Hall–Kier alpha value is -1.55. The average molecular weight is 291 g/mol. The summed E-state index contributed by atoms with van der Waals surface area (Å²) in [5, 5.41) is 8.73. The van der Waals surface area contributed by atoms with Crippen LogP contribution in [-0.2, 0) is 11.2 Å². The number of carbonyl (C=O) groups is 1. The molecule has 1 aliphatic carbocycles. The van der Waals surface area contributed by atoms with Crippen molar-refractivity contribution in [1.82, 2.24) is 4.90 Å². The minimum absolute atomic E-state index is 0.0611. The second-order valence-electron chi connectivity index (χ2n) is 5.63. The van der Waals surface area contributed by atoms with Crippen molar-refractivity contribution < 1.29 is 14.6 Å². The number of aliphatic carboxylic acids is 1. The zero-order valence-corrected chi connectivity index (χ0v) is 12.8. The molecule has 2 rings (SSSR count). The van der Waals surface area contributed by atoms with Crippen LogP contribution in [0.5, 0.6) is 5.75 Å². The summed E-state index contributed by atoms with van der Waals surface area (Å²) >= 11 is 0. The summed E-state index contributed by atoms with van der Waals surface area (Å²) in [6, 6.07) is 8.07. The van der Waals surface area contributed by atoms with E-state index < -0.39 is 5.97 Å². The maximum atomic E-state index is 10.6. The number of carboxylic acid groups (broad SMARTS) is 1. The molecular weight excluding hydrogens is 266 g/mol. The van der Waals surface area contributed by atoms with Crippen molar-refractivity contribution in [3.05, 3.63) is 29.8 Å². The zero-order valence-electron chi connectivity index (χ0n) is 12.8. The largest absolute Gasteiger partial charge is 0.492 e. The van der Waals surface area contributed by atoms with Gasteiger partial charge in [0.15, 0.2) is 0 Å². The number of benzene rings is 1. The predicted octanol–water partition coefficient (Wildman–Crippen LogP) is 2.96. The zero-order chi connectivity index (χ0) is 15.1. The molecule has 1 aromatic carbocycles. The Bertz CT molecular complexity index is 438. The molecule has 0 aliphatic heterocycles. The molecule has 1 aromatic rings. The van der Waals surface area contributed by atoms with E-state index in [-0.39, 0.29) is 6.42 Å². The second-order valence-corrected chi connectivity index (χ2v) is 5.63. The smallest absolute Gasteiger partial charge is 0.307 e. The first-order chi connectivity index (χ1) is 10.2. The van der Waals surface area contributed by atoms with E-state index in [4.69, 9.17) is 9.84 Å². The fourth-order valence-electron chi connectivity index (χ4n) is 3.03. The standard InChI is InChI=1S/C17H25NO3/c1-2-18(15-5-3-4-6-15)11-12-21-16-9-7-14(8-10-16)13-17(19)20/h7-10,15H,2-6,11-13H2,1H3,(H,19,20). The van der Waals surface area contributed by atoms with Crippen LogP contribution in [0, 0.1) is 0 Å². The Morgan fingerprint density at radius 2 is 1.95 bits per heavy atom. The lowest BCUT2D eigenvalue weighted by Gasteiger charge is -2.27. The molecule has 0 radical (unpaired) electrons. The van der Waals surface area contributed by atoms with Gasteiger partial charge in [0.05, 0.1) is 6.42 Å². The van der Waals surface area contributed by atoms with Crippen LogP contribution in [0.2, 0.25) is 0 Å². The van der Waals surface area contributed by atoms with Crippen LogP contribution in [0.1, 0.15) is 38.2 Å². The van der Waals surface area contributed by atoms with Gasteiger partial charge in [0, 0.05) is 12.6 Å². The molecule has 1 fully saturated rings. The molecule has 1 N–H and O–H groups in total. The van der Waals surface area contributed by atoms with Crippen LogP contribution < -0.4 is 4.74 Å². The molecule has 4 nitrogen and oxygen atoms in total. The molecule has 4 heteroatoms. The molecule has 0 bridgehead atoms. The van der Waals surface area contributed by atoms with Gasteiger partial charge in [0.25, 0.3) is 0 Å². The van der Waals surface area contributed by atoms with E-state index >= 15 is 0 Å². The quantitative estimate of drug-likeness (QED) is 0.800. The van der Waals surface area contributed by atoms with Gasteiger partial charge < -0.3 is 9.84 Å². The van der Waals surface area contributed by atoms with Crippen molar-refractivity contribution in [1.29, 1.82) is 0 Å². The summed E-state index contributed by atoms with van der Waals surface area (Å²) in [5.74, 6) is 0.00503. The van der Waals surface area contributed by atoms with Gasteiger partial charge in [-0.3, -0.25) is 9.69 Å². The third kappa shape index (κ3) is 5.05. The molecule has 0 amide bonds. The van der Waals surface area contributed by atoms with Crippen LogP contribution in [0.25, 0.3) is 0 Å². The first-order valence-electron chi connectivity index (χ1n) is 7.86. The van der Waals surface area contributed by atoms with E-state index in [1.54, 1.807) is 0 Å². The number of hydrogen-bond acceptors (Lipinski definition) is 3. The number of ether oxygens (including phenoxy) is 1. The molecule has 0 unspecified atom stereocenters. The SMILES string of the molecule is CCN(CCOc1ccc(CC(=O)O)cc1)C1CCCC1. The molecule has 0 aromatic heterocycles. The molecule has 21 heavy (non-hydrogen) atoms. The fraction of sp³-hybridized carbons (Fsp3) is 0.588. The maximum Gasteiger partial charge on any atom is 0.307 e. The van der Waals surface area contributed by atoms with E-state index in [1.807, 2.05) is 24.3 Å². The normalized spacial score (nSPS) is 15.5. The summed E-state index contributed by atoms with van der Waals surface area (Å²) in [4.78, 5) is 13.1. The van der Waals surface area contributed by atoms with E-state index in [9.17, 15) is 4.79 Å². The van der Waals surface area contributed by atoms with Crippen molar-refractivity contribution in [3.63, 3.8) is 0 Å². The monoisotopic (exact) mass is 291 g/mol. The highest BCUT2D eigenvalue weighted by atomic mass is 16.5. The van der Waals surface area contributed by atoms with E-state index in [0.717, 1.165) is 30.4 Å². The van der Waals surface area contributed by atoms with Gasteiger partial charge in [-0.25, -0.2) is 0 Å². The lowest BCUT2D eigenvalue weighted by atomic mass is 10.1. The van der Waals surface area contributed by atoms with Gasteiger partial charge in [-0.2, -0.15) is 0 Å². The highest BCUT2D eigenvalue weighted by molar-refractivity contribution is 5.70. The molecule has 116 valence electrons. The Labute approximate surface area is 126 Å². The molecule has 0 heterocycles. The van der Waals surface area contributed by atoms with Crippen LogP contribution >= 0.6 is 0 Å². The van der Waals surface area contributed by atoms with Crippen LogP contribution in [0.15, 0.2) is 24.3 Å². The first kappa shape index (κ1) is 15.8. The third-order valence-corrected chi connectivity index (χ3v) is 4.17. The highest BCUT2D eigenvalue weighted by Gasteiger charge is 2.20. The average Bonchev–Trinajstić information content (AvgIpc) is 2.99. The summed E-state index contributed by atoms with van der Waals surface area (Å²) < 4.78 is 5.77. The van der Waals surface area contributed by atoms with E-state index in [0.29, 0.717) is 6.61 Å². The molecule has 1 aliphatic rings. The van der Waals surface area contributed by atoms with Crippen LogP contribution in [0.3, 0.4) is 0 Å². The second kappa shape index (κ2) is 8.03. The predicted molar refractivity (Wildman–Crippen MR) is 82.8 cm³/mol. The van der Waals surface area contributed by atoms with E-state index in [2.05, 4.69) is 11.8 Å². The molecular formula is C17H25NO3. The number of nitrogens with zero attached hydrogens (tertiary/aromatic N) is 1. The van der Waals surface area contributed by atoms with Gasteiger partial charge >= 0.3 is 5.97 Å². The van der Waals surface area contributed by atoms with Crippen molar-refractivity contribution >= 4 is 5.97 Å². The third-order valence-electron chi connectivity index (χ3n) is 4.17. The number of rotatable bonds is 8. The maximum absolute atomic E-state index is 10.6. The summed E-state index contributed by atoms with van der Waals surface area (Å²) in [6.45, 7) is 4.92. The molecule has 0 atom stereocenters. The Kier molecular flexibility index (Phi) is 6.05. The minimum Gasteiger partial charge on any atom is -0.492 e. The number of hydrogen-bond donors (Lipinski definition) is 1. The first-order valence-corrected chi connectivity index (χ1v) is 7.86. The number of likely N-dealkylation sites (N-methyl/N-ethyl adjacent to an activating group) is 1. The lowest BCUT2D eigenvalue weighted by Crippen LogP contribution is -2.36. The van der Waals surface area contributed by atoms with Crippen molar-refractivity contribution in [3.8, 4) is 5.75 Å². The fourth-order valence-corrected chi connectivity index (χ4v) is 3.03. The van der Waals surface area contributed by atoms with Gasteiger partial charge in [-0.15, -0.1) is 0 Å². The minimum atomic E-state index is -0.807. The van der Waals surface area contributed by atoms with Crippen molar-refractivity contribution in [2.24, 2.45) is 0 Å². The van der Waals surface area contributed by atoms with Gasteiger partial charge in [-0.1, -0.05) is 31.9 Å². The number of carboxylic acids is 1. The van der Waals surface area contributed by atoms with Gasteiger partial charge in [0.2, 0.25) is 0 Å². The Morgan fingerprint density at radius 1 is 1.29 bits per heavy atom. The lowest BCUT2D eigenvalue weighted by molar-refractivity contribution is -0.136. The van der Waals surface area contributed by atoms with Crippen LogP contribution in [-0.4, -0.2) is 41.7 Å². The summed E-state index contributed by atoms with van der Waals surface area (Å²) in [7, 11) is 0.